The van der Waals surface area contributed by atoms with Crippen LogP contribution in [0.3, 0.4) is 0 Å². The van der Waals surface area contributed by atoms with Crippen molar-refractivity contribution in [2.45, 2.75) is 20.8 Å². The molecule has 0 saturated carbocycles. The third kappa shape index (κ3) is 4.06. The van der Waals surface area contributed by atoms with Gasteiger partial charge in [-0.25, -0.2) is 0 Å². The van der Waals surface area contributed by atoms with Crippen molar-refractivity contribution in [1.29, 1.82) is 0 Å². The molecule has 0 aromatic heterocycles. The van der Waals surface area contributed by atoms with Gasteiger partial charge in [-0.2, -0.15) is 0 Å². The summed E-state index contributed by atoms with van der Waals surface area (Å²) in [6.45, 7) is 5.29. The van der Waals surface area contributed by atoms with Crippen molar-refractivity contribution in [3.63, 3.8) is 0 Å². The smallest absolute Gasteiger partial charge is 0.259 e. The van der Waals surface area contributed by atoms with Crippen LogP contribution in [0.15, 0.2) is 30.3 Å². The zero-order chi connectivity index (χ0) is 17.9. The minimum Gasteiger partial charge on any atom is -0.496 e. The maximum Gasteiger partial charge on any atom is 0.259 e. The minimum atomic E-state index is -0.338. The van der Waals surface area contributed by atoms with Gasteiger partial charge in [0.15, 0.2) is 0 Å². The van der Waals surface area contributed by atoms with E-state index in [-0.39, 0.29) is 22.4 Å². The molecule has 0 fully saturated rings. The number of nitrogens with one attached hydrogen (secondary N) is 2. The molecule has 0 aliphatic carbocycles. The summed E-state index contributed by atoms with van der Waals surface area (Å²) < 4.78 is 5.26. The maximum atomic E-state index is 12.6. The van der Waals surface area contributed by atoms with E-state index < -0.39 is 0 Å². The fourth-order valence-corrected chi connectivity index (χ4v) is 2.54. The molecule has 126 valence electrons. The summed E-state index contributed by atoms with van der Waals surface area (Å²) in [4.78, 5) is 23.8. The second-order valence-electron chi connectivity index (χ2n) is 5.49. The number of carbonyl (C=O) groups excluding carboxylic acids is 2. The van der Waals surface area contributed by atoms with E-state index in [0.717, 1.165) is 16.8 Å². The quantitative estimate of drug-likeness (QED) is 0.872. The highest BCUT2D eigenvalue weighted by Crippen LogP contribution is 2.31. The van der Waals surface area contributed by atoms with Gasteiger partial charge in [0.1, 0.15) is 5.75 Å². The molecule has 0 unspecified atom stereocenters. The molecule has 24 heavy (non-hydrogen) atoms. The molecule has 0 saturated heterocycles. The number of carbonyl (C=O) groups is 2. The van der Waals surface area contributed by atoms with E-state index in [2.05, 4.69) is 10.6 Å². The lowest BCUT2D eigenvalue weighted by Gasteiger charge is -2.14. The van der Waals surface area contributed by atoms with Crippen molar-refractivity contribution in [3.8, 4) is 5.75 Å². The third-order valence-electron chi connectivity index (χ3n) is 3.47. The molecule has 2 aromatic carbocycles. The minimum absolute atomic E-state index is 0.258. The van der Waals surface area contributed by atoms with E-state index in [9.17, 15) is 9.59 Å². The zero-order valence-electron chi connectivity index (χ0n) is 14.0. The van der Waals surface area contributed by atoms with Gasteiger partial charge in [-0.1, -0.05) is 29.3 Å². The molecule has 0 heterocycles. The number of anilines is 2. The van der Waals surface area contributed by atoms with E-state index in [1.807, 2.05) is 32.0 Å². The number of hydrogen-bond acceptors (Lipinski definition) is 3. The molecule has 0 spiro atoms. The van der Waals surface area contributed by atoms with Gasteiger partial charge < -0.3 is 15.4 Å². The predicted molar refractivity (Wildman–Crippen MR) is 96.2 cm³/mol. The summed E-state index contributed by atoms with van der Waals surface area (Å²) in [5, 5.41) is 5.71. The van der Waals surface area contributed by atoms with Crippen molar-refractivity contribution in [2.24, 2.45) is 0 Å². The van der Waals surface area contributed by atoms with E-state index in [0.29, 0.717) is 11.4 Å². The highest BCUT2D eigenvalue weighted by molar-refractivity contribution is 6.34. The molecule has 0 aliphatic rings. The molecule has 2 aromatic rings. The number of rotatable bonds is 4. The first-order valence-corrected chi connectivity index (χ1v) is 7.73. The van der Waals surface area contributed by atoms with Crippen LogP contribution in [-0.2, 0) is 4.79 Å². The van der Waals surface area contributed by atoms with Crippen molar-refractivity contribution in [1.82, 2.24) is 0 Å². The molecule has 5 nitrogen and oxygen atoms in total. The third-order valence-corrected chi connectivity index (χ3v) is 3.79. The van der Waals surface area contributed by atoms with E-state index in [1.165, 1.54) is 26.2 Å². The van der Waals surface area contributed by atoms with E-state index >= 15 is 0 Å². The van der Waals surface area contributed by atoms with Crippen molar-refractivity contribution >= 4 is 34.8 Å². The van der Waals surface area contributed by atoms with Crippen LogP contribution in [0.5, 0.6) is 5.75 Å². The molecule has 0 radical (unpaired) electrons. The normalized spacial score (nSPS) is 10.2. The van der Waals surface area contributed by atoms with Crippen LogP contribution in [0.1, 0.15) is 28.4 Å². The summed E-state index contributed by atoms with van der Waals surface area (Å²) in [6.07, 6.45) is 0. The van der Waals surface area contributed by atoms with Crippen molar-refractivity contribution in [2.75, 3.05) is 17.7 Å². The summed E-state index contributed by atoms with van der Waals surface area (Å²) in [6, 6.07) is 8.76. The molecule has 2 N–H and O–H groups in total. The average Bonchev–Trinajstić information content (AvgIpc) is 2.51. The zero-order valence-corrected chi connectivity index (χ0v) is 14.7. The van der Waals surface area contributed by atoms with Crippen LogP contribution in [0.2, 0.25) is 5.02 Å². The first-order chi connectivity index (χ1) is 11.3. The molecule has 2 rings (SSSR count). The number of amides is 2. The van der Waals surface area contributed by atoms with Crippen molar-refractivity contribution in [3.05, 3.63) is 52.0 Å². The Hall–Kier alpha value is -2.53. The Morgan fingerprint density at radius 3 is 2.33 bits per heavy atom. The van der Waals surface area contributed by atoms with Gasteiger partial charge in [0.2, 0.25) is 5.91 Å². The predicted octanol–water partition coefficient (Wildman–Crippen LogP) is 4.18. The highest BCUT2D eigenvalue weighted by Gasteiger charge is 2.17. The van der Waals surface area contributed by atoms with Crippen LogP contribution < -0.4 is 15.4 Å². The summed E-state index contributed by atoms with van der Waals surface area (Å²) in [7, 11) is 1.45. The fourth-order valence-electron chi connectivity index (χ4n) is 2.33. The Morgan fingerprint density at radius 1 is 1.04 bits per heavy atom. The number of hydrogen-bond donors (Lipinski definition) is 2. The molecule has 0 aliphatic heterocycles. The Kier molecular flexibility index (Phi) is 5.46. The Labute approximate surface area is 146 Å². The second-order valence-corrected chi connectivity index (χ2v) is 5.89. The van der Waals surface area contributed by atoms with Gasteiger partial charge in [0, 0.05) is 18.7 Å². The lowest BCUT2D eigenvalue weighted by molar-refractivity contribution is -0.114. The number of halogens is 1. The van der Waals surface area contributed by atoms with Crippen LogP contribution in [0, 0.1) is 13.8 Å². The van der Waals surface area contributed by atoms with E-state index in [1.54, 1.807) is 0 Å². The summed E-state index contributed by atoms with van der Waals surface area (Å²) >= 11 is 6.15. The maximum absolute atomic E-state index is 12.6. The van der Waals surface area contributed by atoms with Crippen LogP contribution in [-0.4, -0.2) is 18.9 Å². The van der Waals surface area contributed by atoms with Crippen LogP contribution in [0.25, 0.3) is 0 Å². The fraction of sp³-hybridized carbons (Fsp3) is 0.222. The lowest BCUT2D eigenvalue weighted by Crippen LogP contribution is -2.15. The molecular weight excluding hydrogens is 328 g/mol. The first kappa shape index (κ1) is 17.8. The number of methoxy groups -OCH3 is 1. The van der Waals surface area contributed by atoms with Gasteiger partial charge in [0.05, 0.1) is 23.4 Å². The molecular formula is C18H19ClN2O3. The largest absolute Gasteiger partial charge is 0.496 e. The standard InChI is InChI=1S/C18H19ClN2O3/c1-10-5-6-15(11(2)7-10)21-18(23)13-8-14(19)16(20-12(3)22)9-17(13)24-4/h5-9H,1-4H3,(H,20,22)(H,21,23). The molecule has 6 heteroatoms. The topological polar surface area (TPSA) is 67.4 Å². The number of benzene rings is 2. The van der Waals surface area contributed by atoms with E-state index in [4.69, 9.17) is 16.3 Å². The number of ether oxygens (including phenoxy) is 1. The molecule has 0 bridgehead atoms. The lowest BCUT2D eigenvalue weighted by atomic mass is 10.1. The number of aryl methyl sites for hydroxylation is 2. The average molecular weight is 347 g/mol. The van der Waals surface area contributed by atoms with Crippen LogP contribution >= 0.6 is 11.6 Å². The highest BCUT2D eigenvalue weighted by atomic mass is 35.5. The molecule has 0 atom stereocenters. The Morgan fingerprint density at radius 2 is 1.75 bits per heavy atom. The van der Waals surface area contributed by atoms with Gasteiger partial charge in [0.25, 0.3) is 5.91 Å². The monoisotopic (exact) mass is 346 g/mol. The van der Waals surface area contributed by atoms with Crippen LogP contribution in [0.4, 0.5) is 11.4 Å². The first-order valence-electron chi connectivity index (χ1n) is 7.35. The van der Waals surface area contributed by atoms with Gasteiger partial charge in [-0.3, -0.25) is 9.59 Å². The second kappa shape index (κ2) is 7.36. The Bertz CT molecular complexity index is 803. The molecule has 2 amide bonds. The SMILES string of the molecule is COc1cc(NC(C)=O)c(Cl)cc1C(=O)Nc1ccc(C)cc1C. The summed E-state index contributed by atoms with van der Waals surface area (Å²) in [5.74, 6) is -0.271. The Balaban J connectivity index is 2.34. The van der Waals surface area contributed by atoms with Gasteiger partial charge >= 0.3 is 0 Å². The van der Waals surface area contributed by atoms with Crippen molar-refractivity contribution < 1.29 is 14.3 Å². The summed E-state index contributed by atoms with van der Waals surface area (Å²) in [5.41, 5.74) is 3.48. The van der Waals surface area contributed by atoms with Gasteiger partial charge in [-0.05, 0) is 31.5 Å². The van der Waals surface area contributed by atoms with Gasteiger partial charge in [-0.15, -0.1) is 0 Å².